The van der Waals surface area contributed by atoms with E-state index >= 15 is 0 Å². The lowest BCUT2D eigenvalue weighted by Crippen LogP contribution is -2.60. The van der Waals surface area contributed by atoms with Crippen LogP contribution in [0, 0.1) is 0 Å². The molecule has 1 saturated carbocycles. The molecule has 2 fully saturated rings. The Morgan fingerprint density at radius 2 is 1.96 bits per heavy atom. The van der Waals surface area contributed by atoms with Crippen molar-refractivity contribution >= 4 is 5.96 Å². The van der Waals surface area contributed by atoms with Gasteiger partial charge in [0, 0.05) is 38.8 Å². The van der Waals surface area contributed by atoms with Crippen LogP contribution in [0.4, 0.5) is 0 Å². The van der Waals surface area contributed by atoms with Gasteiger partial charge in [-0.05, 0) is 39.1 Å². The lowest BCUT2D eigenvalue weighted by atomic mass is 9.80. The highest BCUT2D eigenvalue weighted by molar-refractivity contribution is 5.79. The first-order chi connectivity index (χ1) is 13.6. The fourth-order valence-corrected chi connectivity index (χ4v) is 4.53. The normalized spacial score (nSPS) is 22.2. The molecule has 1 saturated heterocycles. The molecular weight excluding hydrogens is 354 g/mol. The second-order valence-corrected chi connectivity index (χ2v) is 8.19. The zero-order chi connectivity index (χ0) is 19.8. The van der Waals surface area contributed by atoms with Gasteiger partial charge in [0.25, 0.3) is 0 Å². The van der Waals surface area contributed by atoms with Crippen LogP contribution in [-0.4, -0.2) is 81.8 Å². The van der Waals surface area contributed by atoms with Gasteiger partial charge >= 0.3 is 0 Å². The Labute approximate surface area is 169 Å². The summed E-state index contributed by atoms with van der Waals surface area (Å²) in [7, 11) is 5.98. The van der Waals surface area contributed by atoms with E-state index in [4.69, 9.17) is 9.15 Å². The molecule has 0 bridgehead atoms. The highest BCUT2D eigenvalue weighted by Gasteiger charge is 2.38. The van der Waals surface area contributed by atoms with Crippen LogP contribution in [0.1, 0.15) is 43.9 Å². The van der Waals surface area contributed by atoms with Crippen molar-refractivity contribution in [2.24, 2.45) is 4.99 Å². The smallest absolute Gasteiger partial charge is 0.191 e. The summed E-state index contributed by atoms with van der Waals surface area (Å²) in [6.07, 6.45) is 8.22. The fraction of sp³-hybridized carbons (Fsp3) is 0.762. The molecule has 1 aliphatic carbocycles. The van der Waals surface area contributed by atoms with Gasteiger partial charge in [-0.2, -0.15) is 0 Å². The van der Waals surface area contributed by atoms with Crippen molar-refractivity contribution in [2.75, 3.05) is 60.5 Å². The summed E-state index contributed by atoms with van der Waals surface area (Å²) in [6.45, 7) is 5.44. The lowest BCUT2D eigenvalue weighted by molar-refractivity contribution is -0.0352. The molecule has 7 heteroatoms. The van der Waals surface area contributed by atoms with Gasteiger partial charge in [0.05, 0.1) is 25.5 Å². The molecule has 0 amide bonds. The van der Waals surface area contributed by atoms with E-state index in [1.807, 2.05) is 19.2 Å². The van der Waals surface area contributed by atoms with E-state index in [1.54, 1.807) is 6.26 Å². The minimum Gasteiger partial charge on any atom is -0.468 e. The molecule has 1 aliphatic heterocycles. The first-order valence-corrected chi connectivity index (χ1v) is 10.6. The number of guanidine groups is 1. The van der Waals surface area contributed by atoms with Crippen LogP contribution < -0.4 is 10.6 Å². The number of rotatable bonds is 7. The quantitative estimate of drug-likeness (QED) is 0.548. The zero-order valence-electron chi connectivity index (χ0n) is 17.7. The van der Waals surface area contributed by atoms with Crippen LogP contribution in [-0.2, 0) is 4.74 Å². The number of aliphatic imine (C=N–C) groups is 1. The molecule has 7 nitrogen and oxygen atoms in total. The molecule has 1 aromatic rings. The molecule has 1 unspecified atom stereocenters. The van der Waals surface area contributed by atoms with Crippen molar-refractivity contribution in [3.05, 3.63) is 24.2 Å². The Kier molecular flexibility index (Phi) is 7.76. The molecule has 1 aromatic heterocycles. The van der Waals surface area contributed by atoms with E-state index in [1.165, 1.54) is 32.1 Å². The molecule has 1 atom stereocenters. The Hall–Kier alpha value is -1.57. The SMILES string of the molecule is CN=C(NCC(c1ccco1)N(C)C)NCC1(N2CCOCC2)CCCCC1. The minimum atomic E-state index is 0.163. The molecule has 3 rings (SSSR count). The summed E-state index contributed by atoms with van der Waals surface area (Å²) in [5.74, 6) is 1.82. The van der Waals surface area contributed by atoms with Crippen LogP contribution in [0.2, 0.25) is 0 Å². The van der Waals surface area contributed by atoms with Crippen LogP contribution >= 0.6 is 0 Å². The third kappa shape index (κ3) is 5.27. The lowest BCUT2D eigenvalue weighted by Gasteiger charge is -2.48. The molecule has 2 heterocycles. The molecule has 158 valence electrons. The van der Waals surface area contributed by atoms with Crippen molar-refractivity contribution in [1.82, 2.24) is 20.4 Å². The Balaban J connectivity index is 1.58. The van der Waals surface area contributed by atoms with Gasteiger partial charge in [0.2, 0.25) is 0 Å². The topological polar surface area (TPSA) is 65.3 Å². The molecule has 0 aromatic carbocycles. The predicted octanol–water partition coefficient (Wildman–Crippen LogP) is 2.08. The minimum absolute atomic E-state index is 0.163. The third-order valence-corrected chi connectivity index (χ3v) is 6.23. The number of likely N-dealkylation sites (N-methyl/N-ethyl adjacent to an activating group) is 1. The van der Waals surface area contributed by atoms with Gasteiger partial charge < -0.3 is 19.8 Å². The highest BCUT2D eigenvalue weighted by atomic mass is 16.5. The molecule has 0 spiro atoms. The fourth-order valence-electron chi connectivity index (χ4n) is 4.53. The average Bonchev–Trinajstić information content (AvgIpc) is 3.26. The van der Waals surface area contributed by atoms with Gasteiger partial charge in [-0.25, -0.2) is 0 Å². The van der Waals surface area contributed by atoms with Gasteiger partial charge in [-0.15, -0.1) is 0 Å². The number of hydrogen-bond acceptors (Lipinski definition) is 5. The maximum Gasteiger partial charge on any atom is 0.191 e. The van der Waals surface area contributed by atoms with Crippen LogP contribution in [0.25, 0.3) is 0 Å². The second-order valence-electron chi connectivity index (χ2n) is 8.19. The number of hydrogen-bond donors (Lipinski definition) is 2. The largest absolute Gasteiger partial charge is 0.468 e. The Bertz CT molecular complexity index is 590. The van der Waals surface area contributed by atoms with E-state index in [0.717, 1.165) is 51.1 Å². The van der Waals surface area contributed by atoms with Crippen molar-refractivity contribution in [3.63, 3.8) is 0 Å². The van der Waals surface area contributed by atoms with Gasteiger partial charge in [-0.3, -0.25) is 14.8 Å². The Morgan fingerprint density at radius 1 is 1.21 bits per heavy atom. The van der Waals surface area contributed by atoms with Crippen molar-refractivity contribution in [3.8, 4) is 0 Å². The zero-order valence-corrected chi connectivity index (χ0v) is 17.7. The molecule has 0 radical (unpaired) electrons. The maximum absolute atomic E-state index is 5.61. The summed E-state index contributed by atoms with van der Waals surface area (Å²) in [5, 5.41) is 7.12. The van der Waals surface area contributed by atoms with Crippen molar-refractivity contribution in [1.29, 1.82) is 0 Å². The predicted molar refractivity (Wildman–Crippen MR) is 113 cm³/mol. The average molecular weight is 392 g/mol. The number of morpholine rings is 1. The van der Waals surface area contributed by atoms with E-state index in [0.29, 0.717) is 0 Å². The second kappa shape index (κ2) is 10.3. The van der Waals surface area contributed by atoms with E-state index < -0.39 is 0 Å². The standard InChI is InChI=1S/C21H37N5O2/c1-22-20(23-16-18(25(2)3)19-8-7-13-28-19)24-17-21(9-5-4-6-10-21)26-11-14-27-15-12-26/h7-8,13,18H,4-6,9-12,14-17H2,1-3H3,(H2,22,23,24). The van der Waals surface area contributed by atoms with Gasteiger partial charge in [0.15, 0.2) is 5.96 Å². The monoisotopic (exact) mass is 391 g/mol. The third-order valence-electron chi connectivity index (χ3n) is 6.23. The molecular formula is C21H37N5O2. The van der Waals surface area contributed by atoms with E-state index in [9.17, 15) is 0 Å². The first kappa shape index (κ1) is 21.1. The molecule has 2 N–H and O–H groups in total. The van der Waals surface area contributed by atoms with Gasteiger partial charge in [-0.1, -0.05) is 19.3 Å². The maximum atomic E-state index is 5.61. The summed E-state index contributed by atoms with van der Waals surface area (Å²) in [4.78, 5) is 9.28. The highest BCUT2D eigenvalue weighted by Crippen LogP contribution is 2.33. The number of nitrogens with zero attached hydrogens (tertiary/aromatic N) is 3. The number of nitrogens with one attached hydrogen (secondary N) is 2. The Morgan fingerprint density at radius 3 is 2.57 bits per heavy atom. The van der Waals surface area contributed by atoms with Crippen molar-refractivity contribution in [2.45, 2.75) is 43.7 Å². The summed E-state index contributed by atoms with van der Waals surface area (Å²) in [6, 6.07) is 4.13. The molecule has 28 heavy (non-hydrogen) atoms. The van der Waals surface area contributed by atoms with Crippen LogP contribution in [0.5, 0.6) is 0 Å². The summed E-state index contributed by atoms with van der Waals surface area (Å²) < 4.78 is 11.2. The number of furan rings is 1. The van der Waals surface area contributed by atoms with Crippen molar-refractivity contribution < 1.29 is 9.15 Å². The number of ether oxygens (including phenoxy) is 1. The van der Waals surface area contributed by atoms with E-state index in [2.05, 4.69) is 39.5 Å². The van der Waals surface area contributed by atoms with Crippen LogP contribution in [0.3, 0.4) is 0 Å². The van der Waals surface area contributed by atoms with E-state index in [-0.39, 0.29) is 11.6 Å². The first-order valence-electron chi connectivity index (χ1n) is 10.6. The van der Waals surface area contributed by atoms with Crippen LogP contribution in [0.15, 0.2) is 27.8 Å². The molecule has 2 aliphatic rings. The summed E-state index contributed by atoms with van der Waals surface area (Å²) in [5.41, 5.74) is 0.224. The summed E-state index contributed by atoms with van der Waals surface area (Å²) >= 11 is 0. The van der Waals surface area contributed by atoms with Gasteiger partial charge in [0.1, 0.15) is 5.76 Å².